The molecule has 20 heavy (non-hydrogen) atoms. The van der Waals surface area contributed by atoms with Crippen LogP contribution >= 0.6 is 0 Å². The minimum atomic E-state index is -0.294. The lowest BCUT2D eigenvalue weighted by Crippen LogP contribution is -2.08. The molecule has 0 unspecified atom stereocenters. The molecular weight excluding hydrogens is 250 g/mol. The highest BCUT2D eigenvalue weighted by Gasteiger charge is 2.11. The van der Waals surface area contributed by atoms with Crippen molar-refractivity contribution in [1.82, 2.24) is 4.57 Å². The number of hydrogen-bond donors (Lipinski definition) is 0. The van der Waals surface area contributed by atoms with Gasteiger partial charge in [-0.05, 0) is 29.1 Å². The normalized spacial score (nSPS) is 10.7. The maximum Gasteiger partial charge on any atom is 0.338 e. The van der Waals surface area contributed by atoms with Gasteiger partial charge in [-0.15, -0.1) is 0 Å². The number of carbonyl (C=O) groups is 1. The predicted molar refractivity (Wildman–Crippen MR) is 78.8 cm³/mol. The molecule has 100 valence electrons. The van der Waals surface area contributed by atoms with Gasteiger partial charge in [-0.3, -0.25) is 0 Å². The van der Waals surface area contributed by atoms with E-state index in [1.165, 1.54) is 12.5 Å². The van der Waals surface area contributed by atoms with E-state index in [1.54, 1.807) is 6.07 Å². The topological polar surface area (TPSA) is 31.2 Å². The van der Waals surface area contributed by atoms with Crippen molar-refractivity contribution < 1.29 is 9.53 Å². The summed E-state index contributed by atoms with van der Waals surface area (Å²) >= 11 is 0. The Morgan fingerprint density at radius 3 is 2.65 bits per heavy atom. The summed E-state index contributed by atoms with van der Waals surface area (Å²) in [6.45, 7) is 0.652. The van der Waals surface area contributed by atoms with Crippen molar-refractivity contribution in [2.75, 3.05) is 7.11 Å². The molecule has 0 bridgehead atoms. The first kappa shape index (κ1) is 12.5. The van der Waals surface area contributed by atoms with E-state index >= 15 is 0 Å². The van der Waals surface area contributed by atoms with Crippen LogP contribution in [0, 0.1) is 0 Å². The molecule has 0 radical (unpaired) electrons. The lowest BCUT2D eigenvalue weighted by Gasteiger charge is -2.10. The van der Waals surface area contributed by atoms with Gasteiger partial charge in [0.15, 0.2) is 0 Å². The van der Waals surface area contributed by atoms with Gasteiger partial charge in [0.1, 0.15) is 0 Å². The summed E-state index contributed by atoms with van der Waals surface area (Å²) in [5.41, 5.74) is 2.74. The molecule has 0 spiro atoms. The number of ether oxygens (including phenoxy) is 1. The lowest BCUT2D eigenvalue weighted by molar-refractivity contribution is 0.0599. The first-order valence-corrected chi connectivity index (χ1v) is 6.49. The van der Waals surface area contributed by atoms with Crippen molar-refractivity contribution in [3.8, 4) is 0 Å². The van der Waals surface area contributed by atoms with Gasteiger partial charge in [-0.25, -0.2) is 4.79 Å². The van der Waals surface area contributed by atoms with Crippen LogP contribution in [0.4, 0.5) is 0 Å². The van der Waals surface area contributed by atoms with Crippen LogP contribution in [0.15, 0.2) is 60.8 Å². The number of esters is 1. The Morgan fingerprint density at radius 2 is 1.80 bits per heavy atom. The second-order valence-electron chi connectivity index (χ2n) is 4.65. The van der Waals surface area contributed by atoms with E-state index in [0.717, 1.165) is 11.1 Å². The highest BCUT2D eigenvalue weighted by atomic mass is 16.5. The van der Waals surface area contributed by atoms with E-state index in [9.17, 15) is 4.79 Å². The molecule has 1 heterocycles. The second kappa shape index (κ2) is 5.21. The number of hydrogen-bond acceptors (Lipinski definition) is 2. The van der Waals surface area contributed by atoms with Crippen LogP contribution in [-0.2, 0) is 11.3 Å². The van der Waals surface area contributed by atoms with Gasteiger partial charge in [0.05, 0.1) is 12.7 Å². The smallest absolute Gasteiger partial charge is 0.338 e. The minimum absolute atomic E-state index is 0.294. The number of methoxy groups -OCH3 is 1. The average molecular weight is 265 g/mol. The standard InChI is InChI=1S/C17H15NO2/c1-20-17(19)15-8-4-2-7-14(15)12-18-11-10-13-6-3-5-9-16(13)18/h2-11H,12H2,1H3. The van der Waals surface area contributed by atoms with E-state index < -0.39 is 0 Å². The Kier molecular flexibility index (Phi) is 3.25. The summed E-state index contributed by atoms with van der Waals surface area (Å²) in [5, 5.41) is 1.20. The zero-order valence-corrected chi connectivity index (χ0v) is 11.2. The number of benzene rings is 2. The molecule has 0 aliphatic heterocycles. The fourth-order valence-corrected chi connectivity index (χ4v) is 2.43. The summed E-state index contributed by atoms with van der Waals surface area (Å²) in [4.78, 5) is 11.8. The number of aromatic nitrogens is 1. The summed E-state index contributed by atoms with van der Waals surface area (Å²) in [5.74, 6) is -0.294. The molecule has 0 amide bonds. The quantitative estimate of drug-likeness (QED) is 0.679. The minimum Gasteiger partial charge on any atom is -0.465 e. The zero-order valence-electron chi connectivity index (χ0n) is 11.2. The molecule has 1 aromatic heterocycles. The van der Waals surface area contributed by atoms with Gasteiger partial charge >= 0.3 is 5.97 Å². The number of nitrogens with zero attached hydrogens (tertiary/aromatic N) is 1. The Morgan fingerprint density at radius 1 is 1.05 bits per heavy atom. The molecule has 3 rings (SSSR count). The van der Waals surface area contributed by atoms with Crippen molar-refractivity contribution in [3.05, 3.63) is 71.9 Å². The highest BCUT2D eigenvalue weighted by molar-refractivity contribution is 5.91. The summed E-state index contributed by atoms with van der Waals surface area (Å²) in [6, 6.07) is 17.8. The summed E-state index contributed by atoms with van der Waals surface area (Å²) in [6.07, 6.45) is 2.04. The lowest BCUT2D eigenvalue weighted by atomic mass is 10.1. The molecule has 3 heteroatoms. The fraction of sp³-hybridized carbons (Fsp3) is 0.118. The fourth-order valence-electron chi connectivity index (χ4n) is 2.43. The maximum atomic E-state index is 11.8. The molecule has 0 aliphatic carbocycles. The van der Waals surface area contributed by atoms with Crippen LogP contribution in [0.3, 0.4) is 0 Å². The first-order chi connectivity index (χ1) is 9.79. The molecule has 0 saturated heterocycles. The average Bonchev–Trinajstić information content (AvgIpc) is 2.90. The van der Waals surface area contributed by atoms with Gasteiger partial charge in [0, 0.05) is 18.3 Å². The van der Waals surface area contributed by atoms with Crippen molar-refractivity contribution in [1.29, 1.82) is 0 Å². The third-order valence-corrected chi connectivity index (χ3v) is 3.44. The van der Waals surface area contributed by atoms with Crippen LogP contribution in [0.25, 0.3) is 10.9 Å². The number of rotatable bonds is 3. The van der Waals surface area contributed by atoms with Crippen LogP contribution < -0.4 is 0 Å². The summed E-state index contributed by atoms with van der Waals surface area (Å²) < 4.78 is 6.97. The third-order valence-electron chi connectivity index (χ3n) is 3.44. The molecule has 3 nitrogen and oxygen atoms in total. The van der Waals surface area contributed by atoms with E-state index in [1.807, 2.05) is 36.5 Å². The maximum absolute atomic E-state index is 11.8. The molecule has 0 fully saturated rings. The molecule has 2 aromatic carbocycles. The second-order valence-corrected chi connectivity index (χ2v) is 4.65. The Labute approximate surface area is 117 Å². The van der Waals surface area contributed by atoms with E-state index in [4.69, 9.17) is 4.74 Å². The van der Waals surface area contributed by atoms with Gasteiger partial charge in [-0.2, -0.15) is 0 Å². The molecule has 3 aromatic rings. The van der Waals surface area contributed by atoms with Crippen molar-refractivity contribution in [2.24, 2.45) is 0 Å². The zero-order chi connectivity index (χ0) is 13.9. The molecular formula is C17H15NO2. The van der Waals surface area contributed by atoms with Gasteiger partial charge in [-0.1, -0.05) is 36.4 Å². The van der Waals surface area contributed by atoms with E-state index in [2.05, 4.69) is 22.8 Å². The van der Waals surface area contributed by atoms with Crippen LogP contribution in [0.5, 0.6) is 0 Å². The number of fused-ring (bicyclic) bond motifs is 1. The van der Waals surface area contributed by atoms with Gasteiger partial charge in [0.2, 0.25) is 0 Å². The molecule has 0 N–H and O–H groups in total. The van der Waals surface area contributed by atoms with Crippen molar-refractivity contribution >= 4 is 16.9 Å². The van der Waals surface area contributed by atoms with Gasteiger partial charge in [0.25, 0.3) is 0 Å². The number of carbonyl (C=O) groups excluding carboxylic acids is 1. The van der Waals surface area contributed by atoms with Gasteiger partial charge < -0.3 is 9.30 Å². The van der Waals surface area contributed by atoms with Crippen LogP contribution in [0.1, 0.15) is 15.9 Å². The van der Waals surface area contributed by atoms with Crippen LogP contribution in [0.2, 0.25) is 0 Å². The molecule has 0 atom stereocenters. The largest absolute Gasteiger partial charge is 0.465 e. The third kappa shape index (κ3) is 2.18. The summed E-state index contributed by atoms with van der Waals surface area (Å²) in [7, 11) is 1.41. The Hall–Kier alpha value is -2.55. The Balaban J connectivity index is 2.01. The molecule has 0 saturated carbocycles. The van der Waals surface area contributed by atoms with E-state index in [-0.39, 0.29) is 5.97 Å². The first-order valence-electron chi connectivity index (χ1n) is 6.49. The van der Waals surface area contributed by atoms with Crippen LogP contribution in [-0.4, -0.2) is 17.6 Å². The predicted octanol–water partition coefficient (Wildman–Crippen LogP) is 3.48. The molecule has 0 aliphatic rings. The SMILES string of the molecule is COC(=O)c1ccccc1Cn1ccc2ccccc21. The monoisotopic (exact) mass is 265 g/mol. The highest BCUT2D eigenvalue weighted by Crippen LogP contribution is 2.18. The number of para-hydroxylation sites is 1. The Bertz CT molecular complexity index is 758. The van der Waals surface area contributed by atoms with E-state index in [0.29, 0.717) is 12.1 Å². The van der Waals surface area contributed by atoms with Crippen molar-refractivity contribution in [2.45, 2.75) is 6.54 Å². The van der Waals surface area contributed by atoms with Crippen molar-refractivity contribution in [3.63, 3.8) is 0 Å².